The molecule has 0 fully saturated rings. The minimum atomic E-state index is -3.24. The normalized spacial score (nSPS) is 16.7. The molecule has 7 nitrogen and oxygen atoms in total. The number of fused-ring (bicyclic) bond motifs is 3. The third-order valence-electron chi connectivity index (χ3n) is 6.14. The second-order valence-electron chi connectivity index (χ2n) is 8.53. The Labute approximate surface area is 196 Å². The van der Waals surface area contributed by atoms with Crippen LogP contribution < -0.4 is 10.1 Å². The van der Waals surface area contributed by atoms with Crippen LogP contribution in [0.1, 0.15) is 35.0 Å². The number of rotatable bonds is 11. The Hall–Kier alpha value is -2.69. The van der Waals surface area contributed by atoms with E-state index in [9.17, 15) is 18.3 Å². The zero-order valence-corrected chi connectivity index (χ0v) is 19.2. The Balaban J connectivity index is 1.66. The predicted octanol–water partition coefficient (Wildman–Crippen LogP) is 3.17. The van der Waals surface area contributed by atoms with Crippen molar-refractivity contribution >= 4 is 10.9 Å². The number of aliphatic hydroxyl groups is 1. The van der Waals surface area contributed by atoms with E-state index < -0.39 is 25.1 Å². The molecule has 2 aromatic heterocycles. The molecule has 0 spiro atoms. The molecule has 1 atom stereocenters. The second kappa shape index (κ2) is 10.7. The minimum absolute atomic E-state index is 0.332. The summed E-state index contributed by atoms with van der Waals surface area (Å²) in [7, 11) is 0. The molecular weight excluding hydrogens is 447 g/mol. The molecule has 0 saturated carbocycles. The zero-order valence-electron chi connectivity index (χ0n) is 19.2. The molecule has 3 N–H and O–H groups in total. The van der Waals surface area contributed by atoms with Crippen molar-refractivity contribution in [3.63, 3.8) is 0 Å². The van der Waals surface area contributed by atoms with Gasteiger partial charge in [-0.05, 0) is 37.9 Å². The van der Waals surface area contributed by atoms with Gasteiger partial charge in [0.25, 0.3) is 5.92 Å². The van der Waals surface area contributed by atoms with Crippen LogP contribution in [0.2, 0.25) is 0 Å². The molecule has 1 aliphatic heterocycles. The van der Waals surface area contributed by atoms with Gasteiger partial charge in [-0.1, -0.05) is 18.2 Å². The smallest absolute Gasteiger partial charge is 0.283 e. The van der Waals surface area contributed by atoms with Crippen molar-refractivity contribution in [3.8, 4) is 5.88 Å². The van der Waals surface area contributed by atoms with Crippen LogP contribution in [0.15, 0.2) is 30.6 Å². The van der Waals surface area contributed by atoms with E-state index in [0.29, 0.717) is 56.2 Å². The summed E-state index contributed by atoms with van der Waals surface area (Å²) in [6.45, 7) is 1.46. The number of benzene rings is 1. The number of halogens is 3. The summed E-state index contributed by atoms with van der Waals surface area (Å²) in [5.41, 5.74) is 4.09. The molecular formula is C24H30F3N5O2. The number of hydrogen-bond acceptors (Lipinski definition) is 6. The van der Waals surface area contributed by atoms with Gasteiger partial charge in [-0.25, -0.2) is 18.7 Å². The van der Waals surface area contributed by atoms with Gasteiger partial charge in [0.1, 0.15) is 19.5 Å². The van der Waals surface area contributed by atoms with Gasteiger partial charge in [-0.15, -0.1) is 0 Å². The van der Waals surface area contributed by atoms with Crippen LogP contribution in [0.5, 0.6) is 5.88 Å². The topological polar surface area (TPSA) is 86.3 Å². The summed E-state index contributed by atoms with van der Waals surface area (Å²) in [6.07, 6.45) is 2.43. The SMILES string of the molecule is Cc1c(OCCNCCCF)ncnc1[C@@H]1c2[nH]c3ccccc3c2CCN1CC(F)(F)CO. The van der Waals surface area contributed by atoms with E-state index in [-0.39, 0.29) is 6.67 Å². The molecule has 34 heavy (non-hydrogen) atoms. The molecule has 4 rings (SSSR count). The third-order valence-corrected chi connectivity index (χ3v) is 6.14. The summed E-state index contributed by atoms with van der Waals surface area (Å²) in [5, 5.41) is 13.4. The highest BCUT2D eigenvalue weighted by atomic mass is 19.3. The Bertz CT molecular complexity index is 1110. The average molecular weight is 478 g/mol. The number of hydrogen-bond donors (Lipinski definition) is 3. The highest BCUT2D eigenvalue weighted by Crippen LogP contribution is 2.40. The second-order valence-corrected chi connectivity index (χ2v) is 8.53. The van der Waals surface area contributed by atoms with Crippen LogP contribution >= 0.6 is 0 Å². The standard InChI is InChI=1S/C24H30F3N5O2/c1-16-20(29-15-30-23(16)34-12-10-28-9-4-8-25)22-21-18(17-5-2-3-6-19(17)31-21)7-11-32(22)13-24(26,27)14-33/h2-3,5-6,15,22,28,31,33H,4,7-14H2,1H3/t22-/m1/s1. The van der Waals surface area contributed by atoms with Crippen molar-refractivity contribution in [1.82, 2.24) is 25.2 Å². The van der Waals surface area contributed by atoms with Gasteiger partial charge in [0.2, 0.25) is 5.88 Å². The van der Waals surface area contributed by atoms with Gasteiger partial charge in [-0.3, -0.25) is 9.29 Å². The van der Waals surface area contributed by atoms with E-state index in [4.69, 9.17) is 4.74 Å². The number of nitrogens with zero attached hydrogens (tertiary/aromatic N) is 3. The maximum atomic E-state index is 14.3. The van der Waals surface area contributed by atoms with Crippen LogP contribution in [-0.4, -0.2) is 76.9 Å². The van der Waals surface area contributed by atoms with Crippen molar-refractivity contribution in [2.24, 2.45) is 0 Å². The van der Waals surface area contributed by atoms with Crippen molar-refractivity contribution in [1.29, 1.82) is 0 Å². The molecule has 0 amide bonds. The lowest BCUT2D eigenvalue weighted by Crippen LogP contribution is -2.45. The fraction of sp³-hybridized carbons (Fsp3) is 0.500. The molecule has 10 heteroatoms. The lowest BCUT2D eigenvalue weighted by Gasteiger charge is -2.37. The fourth-order valence-electron chi connectivity index (χ4n) is 4.52. The van der Waals surface area contributed by atoms with Crippen LogP contribution in [0.3, 0.4) is 0 Å². The Kier molecular flexibility index (Phi) is 7.70. The molecule has 1 aliphatic rings. The van der Waals surface area contributed by atoms with Crippen LogP contribution in [0.25, 0.3) is 10.9 Å². The highest BCUT2D eigenvalue weighted by Gasteiger charge is 2.40. The first kappa shape index (κ1) is 24.4. The molecule has 0 unspecified atom stereocenters. The lowest BCUT2D eigenvalue weighted by molar-refractivity contribution is -0.0790. The van der Waals surface area contributed by atoms with Crippen molar-refractivity contribution in [3.05, 3.63) is 53.1 Å². The van der Waals surface area contributed by atoms with E-state index in [0.717, 1.165) is 22.2 Å². The monoisotopic (exact) mass is 477 g/mol. The molecule has 184 valence electrons. The molecule has 0 bridgehead atoms. The van der Waals surface area contributed by atoms with Crippen LogP contribution in [-0.2, 0) is 6.42 Å². The number of aromatic nitrogens is 3. The summed E-state index contributed by atoms with van der Waals surface area (Å²) in [5.74, 6) is -2.86. The maximum Gasteiger partial charge on any atom is 0.283 e. The first-order chi connectivity index (χ1) is 16.4. The molecule has 1 aromatic carbocycles. The fourth-order valence-corrected chi connectivity index (χ4v) is 4.52. The molecule has 0 aliphatic carbocycles. The number of aromatic amines is 1. The average Bonchev–Trinajstić information content (AvgIpc) is 3.21. The molecule has 0 radical (unpaired) electrons. The van der Waals surface area contributed by atoms with Gasteiger partial charge in [0, 0.05) is 35.2 Å². The summed E-state index contributed by atoms with van der Waals surface area (Å²) < 4.78 is 46.6. The summed E-state index contributed by atoms with van der Waals surface area (Å²) in [6, 6.07) is 7.31. The van der Waals surface area contributed by atoms with E-state index in [1.54, 1.807) is 4.90 Å². The summed E-state index contributed by atoms with van der Waals surface area (Å²) >= 11 is 0. The van der Waals surface area contributed by atoms with E-state index in [2.05, 4.69) is 20.3 Å². The molecule has 3 aromatic rings. The number of aliphatic hydroxyl groups excluding tert-OH is 1. The Morgan fingerprint density at radius 3 is 2.88 bits per heavy atom. The maximum absolute atomic E-state index is 14.3. The van der Waals surface area contributed by atoms with Gasteiger partial charge in [0.05, 0.1) is 25.0 Å². The first-order valence-electron chi connectivity index (χ1n) is 11.5. The van der Waals surface area contributed by atoms with Gasteiger partial charge < -0.3 is 20.1 Å². The van der Waals surface area contributed by atoms with Crippen molar-refractivity contribution in [2.75, 3.05) is 46.1 Å². The number of H-pyrrole nitrogens is 1. The Morgan fingerprint density at radius 1 is 1.26 bits per heavy atom. The third kappa shape index (κ3) is 5.18. The predicted molar refractivity (Wildman–Crippen MR) is 123 cm³/mol. The number of ether oxygens (including phenoxy) is 1. The van der Waals surface area contributed by atoms with Gasteiger partial charge in [-0.2, -0.15) is 0 Å². The Morgan fingerprint density at radius 2 is 2.09 bits per heavy atom. The van der Waals surface area contributed by atoms with Gasteiger partial charge >= 0.3 is 0 Å². The van der Waals surface area contributed by atoms with Crippen molar-refractivity contribution < 1.29 is 23.0 Å². The zero-order chi connectivity index (χ0) is 24.1. The van der Waals surface area contributed by atoms with E-state index >= 15 is 0 Å². The van der Waals surface area contributed by atoms with Gasteiger partial charge in [0.15, 0.2) is 0 Å². The highest BCUT2D eigenvalue weighted by molar-refractivity contribution is 5.85. The molecule has 3 heterocycles. The summed E-state index contributed by atoms with van der Waals surface area (Å²) in [4.78, 5) is 13.8. The number of nitrogens with one attached hydrogen (secondary N) is 2. The van der Waals surface area contributed by atoms with E-state index in [1.165, 1.54) is 6.33 Å². The van der Waals surface area contributed by atoms with Crippen LogP contribution in [0, 0.1) is 6.92 Å². The minimum Gasteiger partial charge on any atom is -0.476 e. The van der Waals surface area contributed by atoms with E-state index in [1.807, 2.05) is 31.2 Å². The largest absolute Gasteiger partial charge is 0.476 e. The van der Waals surface area contributed by atoms with Crippen molar-refractivity contribution in [2.45, 2.75) is 31.7 Å². The molecule has 0 saturated heterocycles. The number of para-hydroxylation sites is 1. The quantitative estimate of drug-likeness (QED) is 0.368. The number of alkyl halides is 3. The lowest BCUT2D eigenvalue weighted by atomic mass is 9.93. The van der Waals surface area contributed by atoms with Crippen LogP contribution in [0.4, 0.5) is 13.2 Å². The first-order valence-corrected chi connectivity index (χ1v) is 11.5.